The molecule has 0 fully saturated rings. The molecule has 6 heteroatoms. The number of nitrogens with zero attached hydrogens (tertiary/aromatic N) is 1. The first-order valence-electron chi connectivity index (χ1n) is 6.38. The summed E-state index contributed by atoms with van der Waals surface area (Å²) in [6.07, 6.45) is 6.07. The van der Waals surface area contributed by atoms with Crippen LogP contribution in [0.1, 0.15) is 13.3 Å². The Morgan fingerprint density at radius 3 is 2.90 bits per heavy atom. The quantitative estimate of drug-likeness (QED) is 0.891. The van der Waals surface area contributed by atoms with E-state index in [-0.39, 0.29) is 6.04 Å². The lowest BCUT2D eigenvalue weighted by Crippen LogP contribution is -2.33. The molecule has 1 aromatic heterocycles. The molecule has 0 aliphatic heterocycles. The van der Waals surface area contributed by atoms with Gasteiger partial charge in [-0.1, -0.05) is 12.1 Å². The van der Waals surface area contributed by atoms with Gasteiger partial charge >= 0.3 is 0 Å². The fraction of sp³-hybridized carbons (Fsp3) is 0.357. The van der Waals surface area contributed by atoms with E-state index in [2.05, 4.69) is 9.71 Å². The summed E-state index contributed by atoms with van der Waals surface area (Å²) in [5.74, 6) is 0.931. The molecule has 1 atom stereocenters. The molecule has 1 aromatic carbocycles. The highest BCUT2D eigenvalue weighted by Crippen LogP contribution is 2.22. The topological polar surface area (TPSA) is 59.1 Å². The third-order valence-corrected chi connectivity index (χ3v) is 5.34. The fourth-order valence-electron chi connectivity index (χ4n) is 2.00. The average Bonchev–Trinajstić information content (AvgIpc) is 2.44. The number of thioether (sulfide) groups is 1. The number of hydrogen-bond acceptors (Lipinski definition) is 4. The Labute approximate surface area is 124 Å². The van der Waals surface area contributed by atoms with Crippen LogP contribution in [0.2, 0.25) is 0 Å². The van der Waals surface area contributed by atoms with Crippen LogP contribution < -0.4 is 4.72 Å². The van der Waals surface area contributed by atoms with Crippen LogP contribution in [0, 0.1) is 0 Å². The largest absolute Gasteiger partial charge is 0.264 e. The molecule has 0 aliphatic rings. The van der Waals surface area contributed by atoms with Gasteiger partial charge in [-0.25, -0.2) is 13.1 Å². The van der Waals surface area contributed by atoms with Gasteiger partial charge in [-0.2, -0.15) is 11.8 Å². The molecule has 1 heterocycles. The molecular weight excluding hydrogens is 292 g/mol. The summed E-state index contributed by atoms with van der Waals surface area (Å²) in [6, 6.07) is 6.98. The lowest BCUT2D eigenvalue weighted by molar-refractivity contribution is 0.558. The Morgan fingerprint density at radius 1 is 1.35 bits per heavy atom. The summed E-state index contributed by atoms with van der Waals surface area (Å²) in [6.45, 7) is 1.89. The van der Waals surface area contributed by atoms with Gasteiger partial charge in [0.15, 0.2) is 0 Å². The van der Waals surface area contributed by atoms with Crippen LogP contribution in [0.3, 0.4) is 0 Å². The van der Waals surface area contributed by atoms with E-state index in [4.69, 9.17) is 0 Å². The zero-order valence-corrected chi connectivity index (χ0v) is 13.2. The van der Waals surface area contributed by atoms with Gasteiger partial charge in [-0.15, -0.1) is 0 Å². The van der Waals surface area contributed by atoms with Gasteiger partial charge in [0.1, 0.15) is 0 Å². The maximum absolute atomic E-state index is 12.5. The molecule has 0 saturated heterocycles. The zero-order valence-electron chi connectivity index (χ0n) is 11.5. The van der Waals surface area contributed by atoms with E-state index in [0.29, 0.717) is 10.3 Å². The molecule has 0 saturated carbocycles. The molecule has 0 spiro atoms. The fourth-order valence-corrected chi connectivity index (χ4v) is 4.08. The normalized spacial score (nSPS) is 13.5. The number of fused-ring (bicyclic) bond motifs is 1. The van der Waals surface area contributed by atoms with Crippen molar-refractivity contribution in [2.75, 3.05) is 12.0 Å². The zero-order chi connectivity index (χ0) is 14.6. The standard InChI is InChI=1S/C14H18N2O2S2/c1-11(7-9-19-2)16-20(17,18)14-5-3-4-12-6-8-15-10-13(12)14/h3-6,8,10-11,16H,7,9H2,1-2H3. The van der Waals surface area contributed by atoms with Crippen molar-refractivity contribution in [3.63, 3.8) is 0 Å². The smallest absolute Gasteiger partial charge is 0.241 e. The van der Waals surface area contributed by atoms with Crippen molar-refractivity contribution in [1.29, 1.82) is 0 Å². The SMILES string of the molecule is CSCCC(C)NS(=O)(=O)c1cccc2ccncc12. The second-order valence-corrected chi connectivity index (χ2v) is 7.32. The van der Waals surface area contributed by atoms with E-state index in [0.717, 1.165) is 17.6 Å². The van der Waals surface area contributed by atoms with Crippen LogP contribution in [0.5, 0.6) is 0 Å². The Hall–Kier alpha value is -1.11. The van der Waals surface area contributed by atoms with Gasteiger partial charge in [-0.3, -0.25) is 4.98 Å². The number of aromatic nitrogens is 1. The summed E-state index contributed by atoms with van der Waals surface area (Å²) >= 11 is 1.71. The second-order valence-electron chi connectivity index (χ2n) is 4.66. The minimum Gasteiger partial charge on any atom is -0.264 e. The number of rotatable bonds is 6. The molecule has 4 nitrogen and oxygen atoms in total. The summed E-state index contributed by atoms with van der Waals surface area (Å²) in [5, 5.41) is 1.53. The third-order valence-electron chi connectivity index (χ3n) is 3.04. The van der Waals surface area contributed by atoms with Crippen LogP contribution in [-0.4, -0.2) is 31.5 Å². The number of benzene rings is 1. The molecule has 1 N–H and O–H groups in total. The van der Waals surface area contributed by atoms with Crippen molar-refractivity contribution in [3.05, 3.63) is 36.7 Å². The monoisotopic (exact) mass is 310 g/mol. The Morgan fingerprint density at radius 2 is 2.15 bits per heavy atom. The number of sulfonamides is 1. The first-order valence-corrected chi connectivity index (χ1v) is 9.26. The van der Waals surface area contributed by atoms with E-state index < -0.39 is 10.0 Å². The maximum Gasteiger partial charge on any atom is 0.241 e. The number of hydrogen-bond donors (Lipinski definition) is 1. The van der Waals surface area contributed by atoms with Gasteiger partial charge in [0.25, 0.3) is 0 Å². The van der Waals surface area contributed by atoms with Crippen LogP contribution in [0.15, 0.2) is 41.6 Å². The lowest BCUT2D eigenvalue weighted by Gasteiger charge is -2.14. The number of pyridine rings is 1. The summed E-state index contributed by atoms with van der Waals surface area (Å²) < 4.78 is 27.7. The summed E-state index contributed by atoms with van der Waals surface area (Å²) in [7, 11) is -3.52. The minimum absolute atomic E-state index is 0.0839. The van der Waals surface area contributed by atoms with Crippen molar-refractivity contribution in [3.8, 4) is 0 Å². The predicted molar refractivity (Wildman–Crippen MR) is 84.5 cm³/mol. The molecular formula is C14H18N2O2S2. The van der Waals surface area contributed by atoms with Gasteiger partial charge in [-0.05, 0) is 42.9 Å². The molecule has 0 amide bonds. The van der Waals surface area contributed by atoms with Crippen LogP contribution in [0.4, 0.5) is 0 Å². The van der Waals surface area contributed by atoms with Gasteiger partial charge in [0, 0.05) is 23.8 Å². The van der Waals surface area contributed by atoms with Crippen molar-refractivity contribution in [1.82, 2.24) is 9.71 Å². The van der Waals surface area contributed by atoms with E-state index in [1.165, 1.54) is 0 Å². The molecule has 1 unspecified atom stereocenters. The first-order chi connectivity index (χ1) is 9.54. The maximum atomic E-state index is 12.5. The van der Waals surface area contributed by atoms with Crippen LogP contribution in [-0.2, 0) is 10.0 Å². The first kappa shape index (κ1) is 15.3. The highest BCUT2D eigenvalue weighted by molar-refractivity contribution is 7.98. The van der Waals surface area contributed by atoms with E-state index in [1.807, 2.05) is 25.3 Å². The Bertz CT molecular complexity index is 681. The highest BCUT2D eigenvalue weighted by atomic mass is 32.2. The Balaban J connectivity index is 2.32. The van der Waals surface area contributed by atoms with E-state index in [1.54, 1.807) is 36.3 Å². The second kappa shape index (κ2) is 6.56. The van der Waals surface area contributed by atoms with E-state index in [9.17, 15) is 8.42 Å². The molecule has 2 aromatic rings. The molecule has 0 aliphatic carbocycles. The Kier molecular flexibility index (Phi) is 5.01. The van der Waals surface area contributed by atoms with Crippen molar-refractivity contribution in [2.45, 2.75) is 24.3 Å². The summed E-state index contributed by atoms with van der Waals surface area (Å²) in [5.41, 5.74) is 0. The molecule has 0 bridgehead atoms. The van der Waals surface area contributed by atoms with Gasteiger partial charge in [0.05, 0.1) is 4.90 Å². The van der Waals surface area contributed by atoms with Gasteiger partial charge < -0.3 is 0 Å². The van der Waals surface area contributed by atoms with Crippen molar-refractivity contribution in [2.24, 2.45) is 0 Å². The molecule has 2 rings (SSSR count). The van der Waals surface area contributed by atoms with Crippen molar-refractivity contribution >= 4 is 32.6 Å². The van der Waals surface area contributed by atoms with Crippen LogP contribution in [0.25, 0.3) is 10.8 Å². The highest BCUT2D eigenvalue weighted by Gasteiger charge is 2.19. The van der Waals surface area contributed by atoms with E-state index >= 15 is 0 Å². The number of nitrogens with one attached hydrogen (secondary N) is 1. The third kappa shape index (κ3) is 3.50. The summed E-state index contributed by atoms with van der Waals surface area (Å²) in [4.78, 5) is 4.31. The van der Waals surface area contributed by atoms with Crippen LogP contribution >= 0.6 is 11.8 Å². The average molecular weight is 310 g/mol. The lowest BCUT2D eigenvalue weighted by atomic mass is 10.2. The minimum atomic E-state index is -3.52. The van der Waals surface area contributed by atoms with Crippen molar-refractivity contribution < 1.29 is 8.42 Å². The molecule has 108 valence electrons. The molecule has 0 radical (unpaired) electrons. The molecule has 20 heavy (non-hydrogen) atoms. The predicted octanol–water partition coefficient (Wildman–Crippen LogP) is 2.65. The van der Waals surface area contributed by atoms with Gasteiger partial charge in [0.2, 0.25) is 10.0 Å².